The number of hydrogen-bond donors (Lipinski definition) is 0. The van der Waals surface area contributed by atoms with E-state index in [0.717, 1.165) is 6.07 Å². The molecule has 0 amide bonds. The van der Waals surface area contributed by atoms with Gasteiger partial charge in [-0.2, -0.15) is 21.0 Å². The first-order valence-corrected chi connectivity index (χ1v) is 5.02. The quantitative estimate of drug-likeness (QED) is 0.744. The van der Waals surface area contributed by atoms with Gasteiger partial charge in [0.25, 0.3) is 0 Å². The lowest BCUT2D eigenvalue weighted by molar-refractivity contribution is 0.624. The molecule has 1 fully saturated rings. The Kier molecular flexibility index (Phi) is 2.29. The second kappa shape index (κ2) is 3.56. The summed E-state index contributed by atoms with van der Waals surface area (Å²) in [5.41, 5.74) is -3.12. The van der Waals surface area contributed by atoms with Gasteiger partial charge in [-0.3, -0.25) is 0 Å². The first-order valence-electron chi connectivity index (χ1n) is 5.02. The molecule has 1 aromatic rings. The largest absolute Gasteiger partial charge is 0.207 e. The molecule has 0 bridgehead atoms. The molecular formula is C13H5FN4. The summed E-state index contributed by atoms with van der Waals surface area (Å²) in [4.78, 5) is 0. The van der Waals surface area contributed by atoms with E-state index in [0.29, 0.717) is 5.56 Å². The third-order valence-corrected chi connectivity index (χ3v) is 3.29. The van der Waals surface area contributed by atoms with E-state index in [4.69, 9.17) is 21.0 Å². The third-order valence-electron chi connectivity index (χ3n) is 3.29. The van der Waals surface area contributed by atoms with Crippen LogP contribution in [0.25, 0.3) is 0 Å². The van der Waals surface area contributed by atoms with Gasteiger partial charge < -0.3 is 0 Å². The number of nitriles is 4. The Morgan fingerprint density at radius 3 is 1.83 bits per heavy atom. The molecule has 0 unspecified atom stereocenters. The van der Waals surface area contributed by atoms with Crippen LogP contribution in [-0.2, 0) is 0 Å². The van der Waals surface area contributed by atoms with E-state index in [2.05, 4.69) is 0 Å². The molecule has 0 aliphatic heterocycles. The van der Waals surface area contributed by atoms with Crippen LogP contribution in [0, 0.1) is 62.0 Å². The lowest BCUT2D eigenvalue weighted by Gasteiger charge is -1.98. The monoisotopic (exact) mass is 236 g/mol. The zero-order valence-electron chi connectivity index (χ0n) is 9.05. The number of rotatable bonds is 1. The highest BCUT2D eigenvalue weighted by Crippen LogP contribution is 2.73. The first kappa shape index (κ1) is 11.6. The van der Waals surface area contributed by atoms with Crippen molar-refractivity contribution in [1.82, 2.24) is 0 Å². The summed E-state index contributed by atoms with van der Waals surface area (Å²) in [6.45, 7) is 0. The summed E-state index contributed by atoms with van der Waals surface area (Å²) in [6, 6.07) is 12.2. The van der Waals surface area contributed by atoms with Gasteiger partial charge in [0.2, 0.25) is 0 Å². The fraction of sp³-hybridized carbons (Fsp3) is 0.231. The van der Waals surface area contributed by atoms with Crippen molar-refractivity contribution in [2.75, 3.05) is 0 Å². The van der Waals surface area contributed by atoms with Crippen LogP contribution < -0.4 is 0 Å². The molecule has 0 saturated heterocycles. The fourth-order valence-corrected chi connectivity index (χ4v) is 2.32. The van der Waals surface area contributed by atoms with Gasteiger partial charge in [-0.05, 0) is 17.7 Å². The van der Waals surface area contributed by atoms with Crippen molar-refractivity contribution in [2.45, 2.75) is 5.92 Å². The Balaban J connectivity index is 2.62. The maximum Gasteiger partial charge on any atom is 0.185 e. The maximum atomic E-state index is 13.1. The number of nitrogens with zero attached hydrogens (tertiary/aromatic N) is 4. The van der Waals surface area contributed by atoms with Crippen LogP contribution in [-0.4, -0.2) is 0 Å². The molecule has 1 aliphatic rings. The van der Waals surface area contributed by atoms with Crippen molar-refractivity contribution < 1.29 is 4.39 Å². The van der Waals surface area contributed by atoms with Gasteiger partial charge in [0.1, 0.15) is 5.82 Å². The normalized spacial score (nSPS) is 18.7. The van der Waals surface area contributed by atoms with Crippen molar-refractivity contribution >= 4 is 0 Å². The molecule has 0 N–H and O–H groups in total. The predicted molar refractivity (Wildman–Crippen MR) is 56.5 cm³/mol. The minimum Gasteiger partial charge on any atom is -0.207 e. The Bertz CT molecular complexity index is 615. The van der Waals surface area contributed by atoms with Crippen molar-refractivity contribution in [3.8, 4) is 24.3 Å². The lowest BCUT2D eigenvalue weighted by atomic mass is 9.98. The summed E-state index contributed by atoms with van der Waals surface area (Å²) in [5, 5.41) is 36.3. The highest BCUT2D eigenvalue weighted by Gasteiger charge is 2.82. The number of hydrogen-bond acceptors (Lipinski definition) is 4. The molecule has 84 valence electrons. The SMILES string of the molecule is N#CC1(C#N)C(c2cccc(F)c2)C1(C#N)C#N. The zero-order valence-corrected chi connectivity index (χ0v) is 9.05. The highest BCUT2D eigenvalue weighted by molar-refractivity contribution is 5.58. The van der Waals surface area contributed by atoms with E-state index >= 15 is 0 Å². The van der Waals surface area contributed by atoms with Gasteiger partial charge in [0.15, 0.2) is 10.8 Å². The maximum absolute atomic E-state index is 13.1. The van der Waals surface area contributed by atoms with Crippen LogP contribution in [0.4, 0.5) is 4.39 Å². The minimum atomic E-state index is -1.72. The summed E-state index contributed by atoms with van der Waals surface area (Å²) in [6.07, 6.45) is 0. The number of benzene rings is 1. The molecule has 2 rings (SSSR count). The van der Waals surface area contributed by atoms with Gasteiger partial charge >= 0.3 is 0 Å². The summed E-state index contributed by atoms with van der Waals surface area (Å²) >= 11 is 0. The van der Waals surface area contributed by atoms with Gasteiger partial charge in [-0.1, -0.05) is 12.1 Å². The molecule has 0 spiro atoms. The van der Waals surface area contributed by atoms with Gasteiger partial charge in [0.05, 0.1) is 30.2 Å². The summed E-state index contributed by atoms with van der Waals surface area (Å²) < 4.78 is 13.1. The molecular weight excluding hydrogens is 231 g/mol. The Hall–Kier alpha value is -2.89. The van der Waals surface area contributed by atoms with Crippen LogP contribution in [0.3, 0.4) is 0 Å². The molecule has 4 nitrogen and oxygen atoms in total. The molecule has 18 heavy (non-hydrogen) atoms. The second-order valence-corrected chi connectivity index (χ2v) is 4.05. The Labute approximate surface area is 103 Å². The number of halogens is 1. The van der Waals surface area contributed by atoms with Crippen molar-refractivity contribution in [3.05, 3.63) is 35.6 Å². The topological polar surface area (TPSA) is 95.2 Å². The van der Waals surface area contributed by atoms with Crippen LogP contribution in [0.15, 0.2) is 24.3 Å². The Morgan fingerprint density at radius 2 is 1.44 bits per heavy atom. The van der Waals surface area contributed by atoms with E-state index in [9.17, 15) is 4.39 Å². The molecule has 0 radical (unpaired) electrons. The fourth-order valence-electron chi connectivity index (χ4n) is 2.32. The zero-order chi connectivity index (χ0) is 13.4. The molecule has 0 atom stereocenters. The highest BCUT2D eigenvalue weighted by atomic mass is 19.1. The van der Waals surface area contributed by atoms with E-state index in [1.807, 2.05) is 0 Å². The second-order valence-electron chi connectivity index (χ2n) is 4.05. The van der Waals surface area contributed by atoms with E-state index in [1.54, 1.807) is 24.3 Å². The van der Waals surface area contributed by atoms with Crippen molar-refractivity contribution in [2.24, 2.45) is 10.8 Å². The molecule has 0 heterocycles. The molecule has 5 heteroatoms. The lowest BCUT2D eigenvalue weighted by Crippen LogP contribution is -2.05. The predicted octanol–water partition coefficient (Wildman–Crippen LogP) is 1.99. The van der Waals surface area contributed by atoms with Crippen LogP contribution in [0.5, 0.6) is 0 Å². The molecule has 1 aromatic carbocycles. The van der Waals surface area contributed by atoms with Crippen molar-refractivity contribution in [3.63, 3.8) is 0 Å². The third kappa shape index (κ3) is 1.08. The standard InChI is InChI=1S/C13H5FN4/c14-10-3-1-2-9(4-10)11-12(5-15,6-16)13(11,7-17)8-18/h1-4,11H. The molecule has 0 aromatic heterocycles. The molecule has 1 aliphatic carbocycles. The average molecular weight is 236 g/mol. The van der Waals surface area contributed by atoms with E-state index in [-0.39, 0.29) is 0 Å². The van der Waals surface area contributed by atoms with Gasteiger partial charge in [0, 0.05) is 0 Å². The summed E-state index contributed by atoms with van der Waals surface area (Å²) in [5.74, 6) is -1.43. The van der Waals surface area contributed by atoms with Gasteiger partial charge in [-0.15, -0.1) is 0 Å². The molecule has 1 saturated carbocycles. The van der Waals surface area contributed by atoms with Gasteiger partial charge in [-0.25, -0.2) is 4.39 Å². The minimum absolute atomic E-state index is 0.321. The van der Waals surface area contributed by atoms with Crippen LogP contribution in [0.2, 0.25) is 0 Å². The average Bonchev–Trinajstić information content (AvgIpc) is 3.01. The van der Waals surface area contributed by atoms with E-state index in [1.165, 1.54) is 18.2 Å². The Morgan fingerprint density at radius 1 is 0.944 bits per heavy atom. The van der Waals surface area contributed by atoms with E-state index < -0.39 is 22.6 Å². The van der Waals surface area contributed by atoms with Crippen LogP contribution in [0.1, 0.15) is 11.5 Å². The smallest absolute Gasteiger partial charge is 0.185 e. The first-order chi connectivity index (χ1) is 8.61. The summed E-state index contributed by atoms with van der Waals surface area (Å²) in [7, 11) is 0. The van der Waals surface area contributed by atoms with Crippen LogP contribution >= 0.6 is 0 Å². The van der Waals surface area contributed by atoms with Crippen molar-refractivity contribution in [1.29, 1.82) is 21.0 Å².